The zero-order valence-electron chi connectivity index (χ0n) is 30.7. The van der Waals surface area contributed by atoms with E-state index in [-0.39, 0.29) is 58.4 Å². The second-order valence-corrected chi connectivity index (χ2v) is 15.1. The summed E-state index contributed by atoms with van der Waals surface area (Å²) in [4.78, 5) is 81.5. The van der Waals surface area contributed by atoms with E-state index in [0.29, 0.717) is 33.9 Å². The number of thiophene rings is 1. The summed E-state index contributed by atoms with van der Waals surface area (Å²) in [7, 11) is 8.53. The molecular formula is C38H38F2N6O8S. The maximum atomic E-state index is 15.8. The average molecular weight is 777 g/mol. The smallest absolute Gasteiger partial charge is 0.284 e. The van der Waals surface area contributed by atoms with Gasteiger partial charge in [-0.25, -0.2) is 8.78 Å². The predicted molar refractivity (Wildman–Crippen MR) is 199 cm³/mol. The Bertz CT molecular complexity index is 2330. The third kappa shape index (κ3) is 6.71. The lowest BCUT2D eigenvalue weighted by Crippen LogP contribution is -2.58. The van der Waals surface area contributed by atoms with Gasteiger partial charge in [-0.1, -0.05) is 0 Å². The minimum atomic E-state index is -3.41. The molecule has 2 aromatic heterocycles. The van der Waals surface area contributed by atoms with Crippen LogP contribution in [-0.4, -0.2) is 103 Å². The van der Waals surface area contributed by atoms with Crippen LogP contribution in [0.3, 0.4) is 0 Å². The average Bonchev–Trinajstić information content (AvgIpc) is 3.70. The number of aryl methyl sites for hydroxylation is 1. The number of pyridine rings is 1. The largest absolute Gasteiger partial charge is 0.496 e. The highest BCUT2D eigenvalue weighted by molar-refractivity contribution is 7.21. The number of halogens is 2. The summed E-state index contributed by atoms with van der Waals surface area (Å²) in [5.41, 5.74) is 2.05. The molecule has 4 aromatic rings. The van der Waals surface area contributed by atoms with Gasteiger partial charge in [0.15, 0.2) is 0 Å². The first-order valence-corrected chi connectivity index (χ1v) is 18.3. The van der Waals surface area contributed by atoms with E-state index in [1.807, 2.05) is 31.1 Å². The van der Waals surface area contributed by atoms with Gasteiger partial charge in [0, 0.05) is 48.7 Å². The molecule has 0 aliphatic carbocycles. The Balaban J connectivity index is 1.10. The number of anilines is 1. The first kappa shape index (κ1) is 37.6. The standard InChI is InChI=1S/C38H38F2N6O8S/c1-43(2)16-25-27(53-4)12-19(13-28(25)54-5)24-17-44(3)35(50)23-15-29(55-32(23)24)34(49)41-30-10-11-45(18-38(30,39)40)20-6-7-21-22(14-20)37(52)46(36(21)51)26-8-9-31(47)42-33(26)48/h6-7,12-15,17,26,30H,8-11,16,18H2,1-5H3,(H,41,49)(H,42,47,48). The van der Waals surface area contributed by atoms with Gasteiger partial charge in [-0.3, -0.25) is 39.0 Å². The zero-order chi connectivity index (χ0) is 39.5. The minimum absolute atomic E-state index is 0.0106. The number of nitrogens with zero attached hydrogens (tertiary/aromatic N) is 4. The van der Waals surface area contributed by atoms with Crippen LogP contribution < -0.4 is 30.6 Å². The molecule has 3 aliphatic rings. The number of ether oxygens (including phenoxy) is 2. The number of hydrogen-bond acceptors (Lipinski definition) is 11. The molecule has 0 saturated carbocycles. The number of rotatable bonds is 9. The monoisotopic (exact) mass is 776 g/mol. The molecule has 288 valence electrons. The number of imide groups is 2. The van der Waals surface area contributed by atoms with Crippen LogP contribution in [0.4, 0.5) is 14.5 Å². The Morgan fingerprint density at radius 1 is 0.982 bits per heavy atom. The van der Waals surface area contributed by atoms with Crippen molar-refractivity contribution in [3.8, 4) is 22.6 Å². The van der Waals surface area contributed by atoms with Gasteiger partial charge in [-0.05, 0) is 68.9 Å². The van der Waals surface area contributed by atoms with Crippen molar-refractivity contribution < 1.29 is 42.2 Å². The molecular weight excluding hydrogens is 739 g/mol. The highest BCUT2D eigenvalue weighted by atomic mass is 32.1. The van der Waals surface area contributed by atoms with Gasteiger partial charge < -0.3 is 29.2 Å². The topological polar surface area (TPSA) is 160 Å². The molecule has 2 N–H and O–H groups in total. The summed E-state index contributed by atoms with van der Waals surface area (Å²) in [5.74, 6) is -5.71. The van der Waals surface area contributed by atoms with Gasteiger partial charge in [-0.15, -0.1) is 11.3 Å². The number of fused-ring (bicyclic) bond motifs is 2. The number of methoxy groups -OCH3 is 2. The summed E-state index contributed by atoms with van der Waals surface area (Å²) in [6.45, 7) is -0.162. The lowest BCUT2D eigenvalue weighted by molar-refractivity contribution is -0.136. The van der Waals surface area contributed by atoms with E-state index < -0.39 is 54.1 Å². The van der Waals surface area contributed by atoms with Crippen molar-refractivity contribution in [1.82, 2.24) is 25.0 Å². The van der Waals surface area contributed by atoms with Gasteiger partial charge in [-0.2, -0.15) is 0 Å². The van der Waals surface area contributed by atoms with Crippen molar-refractivity contribution >= 4 is 56.6 Å². The first-order chi connectivity index (χ1) is 26.1. The molecule has 3 aliphatic heterocycles. The summed E-state index contributed by atoms with van der Waals surface area (Å²) in [5, 5.41) is 4.89. The number of hydrogen-bond donors (Lipinski definition) is 2. The van der Waals surface area contributed by atoms with Crippen molar-refractivity contribution in [2.75, 3.05) is 46.3 Å². The Labute approximate surface area is 317 Å². The normalized spacial score (nSPS) is 19.6. The fourth-order valence-corrected chi connectivity index (χ4v) is 8.49. The molecule has 2 saturated heterocycles. The molecule has 2 unspecified atom stereocenters. The van der Waals surface area contributed by atoms with Crippen LogP contribution in [0.25, 0.3) is 21.2 Å². The molecule has 5 amide bonds. The van der Waals surface area contributed by atoms with Gasteiger partial charge in [0.25, 0.3) is 29.2 Å². The molecule has 55 heavy (non-hydrogen) atoms. The molecule has 0 bridgehead atoms. The Morgan fingerprint density at radius 2 is 1.67 bits per heavy atom. The number of amides is 5. The van der Waals surface area contributed by atoms with Crippen molar-refractivity contribution in [3.05, 3.63) is 74.5 Å². The molecule has 2 atom stereocenters. The van der Waals surface area contributed by atoms with Crippen molar-refractivity contribution in [1.29, 1.82) is 0 Å². The van der Waals surface area contributed by atoms with Gasteiger partial charge in [0.05, 0.1) is 53.8 Å². The Hall–Kier alpha value is -5.68. The van der Waals surface area contributed by atoms with Crippen LogP contribution in [0.2, 0.25) is 0 Å². The second-order valence-electron chi connectivity index (χ2n) is 14.1. The number of carbonyl (C=O) groups is 5. The maximum Gasteiger partial charge on any atom is 0.284 e. The highest BCUT2D eigenvalue weighted by Crippen LogP contribution is 2.40. The van der Waals surface area contributed by atoms with Crippen LogP contribution in [-0.2, 0) is 23.2 Å². The van der Waals surface area contributed by atoms with Crippen molar-refractivity contribution in [2.45, 2.75) is 43.8 Å². The fourth-order valence-electron chi connectivity index (χ4n) is 7.40. The van der Waals surface area contributed by atoms with Crippen LogP contribution >= 0.6 is 11.3 Å². The van der Waals surface area contributed by atoms with E-state index in [0.717, 1.165) is 21.8 Å². The van der Waals surface area contributed by atoms with Gasteiger partial charge in [0.2, 0.25) is 11.8 Å². The molecule has 17 heteroatoms. The van der Waals surface area contributed by atoms with E-state index in [9.17, 15) is 28.8 Å². The number of benzene rings is 2. The molecule has 14 nitrogen and oxygen atoms in total. The van der Waals surface area contributed by atoms with E-state index in [4.69, 9.17) is 9.47 Å². The molecule has 7 rings (SSSR count). The van der Waals surface area contributed by atoms with Crippen LogP contribution in [0.1, 0.15) is 55.2 Å². The summed E-state index contributed by atoms with van der Waals surface area (Å²) in [6, 6.07) is 6.57. The van der Waals surface area contributed by atoms with Crippen LogP contribution in [0.5, 0.6) is 11.5 Å². The second kappa shape index (κ2) is 14.2. The van der Waals surface area contributed by atoms with Crippen molar-refractivity contribution in [2.24, 2.45) is 7.05 Å². The molecule has 2 aromatic carbocycles. The molecule has 0 spiro atoms. The number of alkyl halides is 2. The van der Waals surface area contributed by atoms with E-state index in [1.54, 1.807) is 27.5 Å². The Morgan fingerprint density at radius 3 is 2.31 bits per heavy atom. The zero-order valence-corrected chi connectivity index (χ0v) is 31.5. The molecule has 2 fully saturated rings. The lowest BCUT2D eigenvalue weighted by atomic mass is 9.99. The first-order valence-electron chi connectivity index (χ1n) is 17.4. The van der Waals surface area contributed by atoms with E-state index in [2.05, 4.69) is 10.6 Å². The third-order valence-corrected chi connectivity index (χ3v) is 11.3. The van der Waals surface area contributed by atoms with Gasteiger partial charge in [0.1, 0.15) is 17.5 Å². The Kier molecular flexibility index (Phi) is 9.71. The summed E-state index contributed by atoms with van der Waals surface area (Å²) < 4.78 is 44.9. The quantitative estimate of drug-likeness (QED) is 0.242. The van der Waals surface area contributed by atoms with Crippen LogP contribution in [0.15, 0.2) is 47.4 Å². The number of piperidine rings is 2. The van der Waals surface area contributed by atoms with E-state index in [1.165, 1.54) is 33.7 Å². The number of aromatic nitrogens is 1. The van der Waals surface area contributed by atoms with Crippen molar-refractivity contribution in [3.63, 3.8) is 0 Å². The van der Waals surface area contributed by atoms with Crippen LogP contribution in [0, 0.1) is 0 Å². The molecule has 5 heterocycles. The lowest BCUT2D eigenvalue weighted by Gasteiger charge is -2.39. The predicted octanol–water partition coefficient (Wildman–Crippen LogP) is 3.39. The highest BCUT2D eigenvalue weighted by Gasteiger charge is 2.47. The number of nitrogens with one attached hydrogen (secondary N) is 2. The van der Waals surface area contributed by atoms with Gasteiger partial charge >= 0.3 is 0 Å². The summed E-state index contributed by atoms with van der Waals surface area (Å²) in [6.07, 6.45) is 1.46. The summed E-state index contributed by atoms with van der Waals surface area (Å²) >= 11 is 1.02. The molecule has 0 radical (unpaired) electrons. The number of carbonyl (C=O) groups excluding carboxylic acids is 5. The maximum absolute atomic E-state index is 15.8. The fraction of sp³-hybridized carbons (Fsp3) is 0.368. The minimum Gasteiger partial charge on any atom is -0.496 e. The van der Waals surface area contributed by atoms with E-state index >= 15 is 8.78 Å². The SMILES string of the molecule is COc1cc(-c2cn(C)c(=O)c3cc(C(=O)NC4CCN(c5ccc6c(c5)C(=O)N(C5CCC(=O)NC5=O)C6=O)CC4(F)F)sc23)cc(OC)c1CN(C)C. The third-order valence-electron chi connectivity index (χ3n) is 10.2.